The average Bonchev–Trinajstić information content (AvgIpc) is 2.86. The summed E-state index contributed by atoms with van der Waals surface area (Å²) in [7, 11) is 0. The Bertz CT molecular complexity index is 555. The van der Waals surface area contributed by atoms with E-state index in [0.29, 0.717) is 6.61 Å². The Hall–Kier alpha value is -1.33. The number of aromatic nitrogens is 1. The maximum Gasteiger partial charge on any atom is 0.174 e. The molecule has 0 spiro atoms. The molecule has 0 aliphatic heterocycles. The number of benzene rings is 1. The van der Waals surface area contributed by atoms with Gasteiger partial charge in [-0.2, -0.15) is 0 Å². The zero-order chi connectivity index (χ0) is 14.4. The van der Waals surface area contributed by atoms with Crippen LogP contribution in [0, 0.1) is 6.92 Å². The van der Waals surface area contributed by atoms with Gasteiger partial charge in [-0.1, -0.05) is 28.0 Å². The monoisotopic (exact) mass is 338 g/mol. The molecule has 5 heteroatoms. The second kappa shape index (κ2) is 7.45. The minimum absolute atomic E-state index is 0.392. The number of hydrogen-bond acceptors (Lipinski definition) is 4. The summed E-state index contributed by atoms with van der Waals surface area (Å²) < 4.78 is 12.0. The van der Waals surface area contributed by atoms with Gasteiger partial charge in [-0.05, 0) is 43.7 Å². The van der Waals surface area contributed by atoms with E-state index in [1.54, 1.807) is 0 Å². The van der Waals surface area contributed by atoms with E-state index >= 15 is 0 Å². The van der Waals surface area contributed by atoms with Crippen molar-refractivity contribution in [3.05, 3.63) is 45.8 Å². The number of halogens is 1. The summed E-state index contributed by atoms with van der Waals surface area (Å²) in [6, 6.07) is 7.86. The fraction of sp³-hybridized carbons (Fsp3) is 0.400. The van der Waals surface area contributed by atoms with Gasteiger partial charge in [0, 0.05) is 17.1 Å². The maximum absolute atomic E-state index is 5.74. The van der Waals surface area contributed by atoms with E-state index in [9.17, 15) is 0 Å². The third-order valence-corrected chi connectivity index (χ3v) is 3.34. The van der Waals surface area contributed by atoms with Crippen LogP contribution in [0.4, 0.5) is 0 Å². The van der Waals surface area contributed by atoms with E-state index in [0.717, 1.165) is 46.8 Å². The molecular formula is C15H19BrN2O2. The molecule has 108 valence electrons. The van der Waals surface area contributed by atoms with Crippen LogP contribution in [0.15, 0.2) is 33.3 Å². The third kappa shape index (κ3) is 4.35. The normalized spacial score (nSPS) is 10.8. The first-order valence-electron chi connectivity index (χ1n) is 6.73. The Kier molecular flexibility index (Phi) is 5.61. The van der Waals surface area contributed by atoms with Gasteiger partial charge in [-0.15, -0.1) is 0 Å². The van der Waals surface area contributed by atoms with Gasteiger partial charge in [0.15, 0.2) is 5.76 Å². The molecule has 0 saturated heterocycles. The molecule has 0 radical (unpaired) electrons. The first-order valence-corrected chi connectivity index (χ1v) is 7.52. The Morgan fingerprint density at radius 1 is 1.35 bits per heavy atom. The van der Waals surface area contributed by atoms with Gasteiger partial charge >= 0.3 is 0 Å². The number of nitrogens with one attached hydrogen (secondary N) is 1. The van der Waals surface area contributed by atoms with Crippen LogP contribution < -0.4 is 10.1 Å². The Morgan fingerprint density at radius 2 is 2.20 bits per heavy atom. The SMILES string of the molecule is CCCNCc1cc(COc2ccc(Br)cc2C)on1. The molecule has 0 bridgehead atoms. The molecule has 0 saturated carbocycles. The van der Waals surface area contributed by atoms with Gasteiger partial charge in [0.1, 0.15) is 12.4 Å². The van der Waals surface area contributed by atoms with Crippen molar-refractivity contribution in [3.63, 3.8) is 0 Å². The smallest absolute Gasteiger partial charge is 0.174 e. The largest absolute Gasteiger partial charge is 0.485 e. The first-order chi connectivity index (χ1) is 9.69. The molecule has 0 unspecified atom stereocenters. The lowest BCUT2D eigenvalue weighted by Crippen LogP contribution is -2.13. The standard InChI is InChI=1S/C15H19BrN2O2/c1-3-6-17-9-13-8-14(20-18-13)10-19-15-5-4-12(16)7-11(15)2/h4-5,7-8,17H,3,6,9-10H2,1-2H3. The van der Waals surface area contributed by atoms with E-state index in [1.165, 1.54) is 0 Å². The van der Waals surface area contributed by atoms with Crippen LogP contribution in [0.5, 0.6) is 5.75 Å². The van der Waals surface area contributed by atoms with Gasteiger partial charge in [0.25, 0.3) is 0 Å². The molecule has 0 aliphatic carbocycles. The highest BCUT2D eigenvalue weighted by atomic mass is 79.9. The highest BCUT2D eigenvalue weighted by Gasteiger charge is 2.06. The highest BCUT2D eigenvalue weighted by Crippen LogP contribution is 2.23. The summed E-state index contributed by atoms with van der Waals surface area (Å²) in [5, 5.41) is 7.30. The molecule has 1 aromatic heterocycles. The van der Waals surface area contributed by atoms with Crippen LogP contribution in [0.2, 0.25) is 0 Å². The highest BCUT2D eigenvalue weighted by molar-refractivity contribution is 9.10. The van der Waals surface area contributed by atoms with Crippen LogP contribution in [0.3, 0.4) is 0 Å². The van der Waals surface area contributed by atoms with Crippen LogP contribution in [0.25, 0.3) is 0 Å². The molecule has 2 aromatic rings. The van der Waals surface area contributed by atoms with Gasteiger partial charge in [0.2, 0.25) is 0 Å². The number of rotatable bonds is 7. The van der Waals surface area contributed by atoms with Crippen LogP contribution in [-0.4, -0.2) is 11.7 Å². The quantitative estimate of drug-likeness (QED) is 0.779. The van der Waals surface area contributed by atoms with Crippen molar-refractivity contribution in [3.8, 4) is 5.75 Å². The molecule has 1 heterocycles. The topological polar surface area (TPSA) is 47.3 Å². The lowest BCUT2D eigenvalue weighted by molar-refractivity contribution is 0.247. The van der Waals surface area contributed by atoms with Crippen LogP contribution in [0.1, 0.15) is 30.4 Å². The number of aryl methyl sites for hydroxylation is 1. The summed E-state index contributed by atoms with van der Waals surface area (Å²) in [5.74, 6) is 1.59. The number of ether oxygens (including phenoxy) is 1. The first kappa shape index (κ1) is 15.1. The average molecular weight is 339 g/mol. The Morgan fingerprint density at radius 3 is 2.95 bits per heavy atom. The minimum atomic E-state index is 0.392. The van der Waals surface area contributed by atoms with E-state index in [2.05, 4.69) is 33.3 Å². The summed E-state index contributed by atoms with van der Waals surface area (Å²) in [4.78, 5) is 0. The Balaban J connectivity index is 1.87. The molecule has 0 amide bonds. The number of nitrogens with zero attached hydrogens (tertiary/aromatic N) is 1. The van der Waals surface area contributed by atoms with Crippen molar-refractivity contribution < 1.29 is 9.26 Å². The molecule has 20 heavy (non-hydrogen) atoms. The lowest BCUT2D eigenvalue weighted by atomic mass is 10.2. The molecule has 2 rings (SSSR count). The van der Waals surface area contributed by atoms with Gasteiger partial charge < -0.3 is 14.6 Å². The summed E-state index contributed by atoms with van der Waals surface area (Å²) in [5.41, 5.74) is 1.99. The van der Waals surface area contributed by atoms with Crippen molar-refractivity contribution in [2.24, 2.45) is 0 Å². The zero-order valence-electron chi connectivity index (χ0n) is 11.8. The molecule has 0 aliphatic rings. The third-order valence-electron chi connectivity index (χ3n) is 2.85. The van der Waals surface area contributed by atoms with Crippen molar-refractivity contribution in [2.45, 2.75) is 33.4 Å². The van der Waals surface area contributed by atoms with Crippen LogP contribution in [-0.2, 0) is 13.2 Å². The Labute approximate surface area is 127 Å². The molecule has 0 atom stereocenters. The summed E-state index contributed by atoms with van der Waals surface area (Å²) in [6.45, 7) is 6.25. The number of hydrogen-bond donors (Lipinski definition) is 1. The van der Waals surface area contributed by atoms with Crippen LogP contribution >= 0.6 is 15.9 Å². The molecule has 0 fully saturated rings. The zero-order valence-corrected chi connectivity index (χ0v) is 13.4. The van der Waals surface area contributed by atoms with Gasteiger partial charge in [-0.3, -0.25) is 0 Å². The predicted octanol–water partition coefficient (Wildman–Crippen LogP) is 3.82. The second-order valence-electron chi connectivity index (χ2n) is 4.66. The van der Waals surface area contributed by atoms with Crippen molar-refractivity contribution in [1.82, 2.24) is 10.5 Å². The van der Waals surface area contributed by atoms with Crippen molar-refractivity contribution in [2.75, 3.05) is 6.54 Å². The van der Waals surface area contributed by atoms with Gasteiger partial charge in [0.05, 0.1) is 5.69 Å². The fourth-order valence-electron chi connectivity index (χ4n) is 1.82. The fourth-order valence-corrected chi connectivity index (χ4v) is 2.30. The van der Waals surface area contributed by atoms with E-state index in [-0.39, 0.29) is 0 Å². The van der Waals surface area contributed by atoms with E-state index < -0.39 is 0 Å². The van der Waals surface area contributed by atoms with Gasteiger partial charge in [-0.25, -0.2) is 0 Å². The van der Waals surface area contributed by atoms with E-state index in [4.69, 9.17) is 9.26 Å². The summed E-state index contributed by atoms with van der Waals surface area (Å²) >= 11 is 3.43. The molecule has 1 aromatic carbocycles. The molecular weight excluding hydrogens is 320 g/mol. The van der Waals surface area contributed by atoms with E-state index in [1.807, 2.05) is 31.2 Å². The van der Waals surface area contributed by atoms with Crippen molar-refractivity contribution in [1.29, 1.82) is 0 Å². The second-order valence-corrected chi connectivity index (χ2v) is 5.58. The molecule has 1 N–H and O–H groups in total. The maximum atomic E-state index is 5.74. The molecule has 4 nitrogen and oxygen atoms in total. The predicted molar refractivity (Wildman–Crippen MR) is 81.7 cm³/mol. The lowest BCUT2D eigenvalue weighted by Gasteiger charge is -2.07. The summed E-state index contributed by atoms with van der Waals surface area (Å²) in [6.07, 6.45) is 1.11. The minimum Gasteiger partial charge on any atom is -0.485 e. The van der Waals surface area contributed by atoms with Crippen molar-refractivity contribution >= 4 is 15.9 Å².